The molecule has 0 amide bonds. The van der Waals surface area contributed by atoms with Gasteiger partial charge in [-0.15, -0.1) is 0 Å². The summed E-state index contributed by atoms with van der Waals surface area (Å²) in [4.78, 5) is 12.9. The summed E-state index contributed by atoms with van der Waals surface area (Å²) in [5.41, 5.74) is 1.15. The maximum atomic E-state index is 13.6. The van der Waals surface area contributed by atoms with E-state index in [0.29, 0.717) is 48.5 Å². The molecule has 0 saturated carbocycles. The second-order valence-corrected chi connectivity index (χ2v) is 10.1. The van der Waals surface area contributed by atoms with Crippen LogP contribution in [0.1, 0.15) is 29.3 Å². The Bertz CT molecular complexity index is 1030. The van der Waals surface area contributed by atoms with E-state index in [1.54, 1.807) is 30.3 Å². The lowest BCUT2D eigenvalue weighted by Gasteiger charge is -2.30. The molecule has 1 heterocycles. The Labute approximate surface area is 187 Å². The molecular formula is C23H28FNO6S. The third-order valence-electron chi connectivity index (χ3n) is 5.28. The number of halogens is 1. The highest BCUT2D eigenvalue weighted by Gasteiger charge is 2.33. The second kappa shape index (κ2) is 10.9. The van der Waals surface area contributed by atoms with Crippen LogP contribution in [-0.2, 0) is 16.4 Å². The van der Waals surface area contributed by atoms with Crippen molar-refractivity contribution in [3.63, 3.8) is 0 Å². The van der Waals surface area contributed by atoms with E-state index in [4.69, 9.17) is 9.47 Å². The highest BCUT2D eigenvalue weighted by molar-refractivity contribution is 7.91. The number of aliphatic hydroxyl groups is 1. The molecule has 174 valence electrons. The SMILES string of the molecule is CCOc1cc(C=O)ccc1OCC(O)CN(Cc1cccc(F)c1)C1CCS(=O)(=O)C1. The fourth-order valence-corrected chi connectivity index (χ4v) is 5.53. The lowest BCUT2D eigenvalue weighted by Crippen LogP contribution is -2.42. The predicted octanol–water partition coefficient (Wildman–Crippen LogP) is 2.47. The van der Waals surface area contributed by atoms with E-state index < -0.39 is 15.9 Å². The maximum Gasteiger partial charge on any atom is 0.161 e. The quantitative estimate of drug-likeness (QED) is 0.510. The molecule has 1 N–H and O–H groups in total. The first-order chi connectivity index (χ1) is 15.3. The Balaban J connectivity index is 1.68. The molecule has 32 heavy (non-hydrogen) atoms. The zero-order valence-electron chi connectivity index (χ0n) is 17.9. The van der Waals surface area contributed by atoms with Crippen LogP contribution >= 0.6 is 0 Å². The molecule has 9 heteroatoms. The number of benzene rings is 2. The van der Waals surface area contributed by atoms with Gasteiger partial charge in [0.15, 0.2) is 21.3 Å². The average molecular weight is 466 g/mol. The van der Waals surface area contributed by atoms with Gasteiger partial charge >= 0.3 is 0 Å². The smallest absolute Gasteiger partial charge is 0.161 e. The topological polar surface area (TPSA) is 93.1 Å². The van der Waals surface area contributed by atoms with Crippen molar-refractivity contribution in [2.45, 2.75) is 32.0 Å². The van der Waals surface area contributed by atoms with E-state index >= 15 is 0 Å². The highest BCUT2D eigenvalue weighted by Crippen LogP contribution is 2.28. The minimum atomic E-state index is -3.12. The highest BCUT2D eigenvalue weighted by atomic mass is 32.2. The Morgan fingerprint density at radius 1 is 1.22 bits per heavy atom. The Morgan fingerprint density at radius 2 is 2.03 bits per heavy atom. The van der Waals surface area contributed by atoms with Crippen LogP contribution in [0.5, 0.6) is 11.5 Å². The fourth-order valence-electron chi connectivity index (χ4n) is 3.77. The number of nitrogens with zero attached hydrogens (tertiary/aromatic N) is 1. The number of aliphatic hydroxyl groups excluding tert-OH is 1. The molecule has 2 unspecified atom stereocenters. The minimum absolute atomic E-state index is 0.0114. The first-order valence-electron chi connectivity index (χ1n) is 10.5. The van der Waals surface area contributed by atoms with Gasteiger partial charge in [-0.2, -0.15) is 0 Å². The summed E-state index contributed by atoms with van der Waals surface area (Å²) in [6.45, 7) is 2.62. The molecule has 0 aliphatic carbocycles. The first-order valence-corrected chi connectivity index (χ1v) is 12.3. The molecule has 0 aromatic heterocycles. The molecule has 1 aliphatic rings. The van der Waals surface area contributed by atoms with Crippen molar-refractivity contribution in [1.29, 1.82) is 0 Å². The van der Waals surface area contributed by atoms with Crippen LogP contribution in [0.3, 0.4) is 0 Å². The van der Waals surface area contributed by atoms with E-state index in [1.807, 2.05) is 11.8 Å². The van der Waals surface area contributed by atoms with Gasteiger partial charge in [0.1, 0.15) is 24.8 Å². The number of sulfone groups is 1. The van der Waals surface area contributed by atoms with Gasteiger partial charge in [0, 0.05) is 24.7 Å². The summed E-state index contributed by atoms with van der Waals surface area (Å²) in [5.74, 6) is 0.550. The van der Waals surface area contributed by atoms with E-state index in [0.717, 1.165) is 0 Å². The van der Waals surface area contributed by atoms with Gasteiger partial charge in [-0.25, -0.2) is 12.8 Å². The molecule has 0 radical (unpaired) electrons. The van der Waals surface area contributed by atoms with Crippen molar-refractivity contribution in [3.8, 4) is 11.5 Å². The van der Waals surface area contributed by atoms with Crippen molar-refractivity contribution in [2.24, 2.45) is 0 Å². The largest absolute Gasteiger partial charge is 0.490 e. The minimum Gasteiger partial charge on any atom is -0.490 e. The van der Waals surface area contributed by atoms with Crippen molar-refractivity contribution in [2.75, 3.05) is 31.3 Å². The van der Waals surface area contributed by atoms with E-state index in [9.17, 15) is 22.7 Å². The second-order valence-electron chi connectivity index (χ2n) is 7.84. The van der Waals surface area contributed by atoms with Crippen molar-refractivity contribution in [1.82, 2.24) is 4.90 Å². The van der Waals surface area contributed by atoms with E-state index in [1.165, 1.54) is 12.1 Å². The fraction of sp³-hybridized carbons (Fsp3) is 0.435. The normalized spacial score (nSPS) is 18.4. The average Bonchev–Trinajstić information content (AvgIpc) is 3.12. The van der Waals surface area contributed by atoms with Crippen LogP contribution < -0.4 is 9.47 Å². The zero-order valence-corrected chi connectivity index (χ0v) is 18.8. The third-order valence-corrected chi connectivity index (χ3v) is 7.03. The summed E-state index contributed by atoms with van der Waals surface area (Å²) in [5, 5.41) is 10.6. The third kappa shape index (κ3) is 6.75. The molecule has 2 aromatic rings. The van der Waals surface area contributed by atoms with Gasteiger partial charge < -0.3 is 14.6 Å². The number of carbonyl (C=O) groups excluding carboxylic acids is 1. The van der Waals surface area contributed by atoms with Crippen molar-refractivity contribution in [3.05, 3.63) is 59.4 Å². The van der Waals surface area contributed by atoms with Crippen LogP contribution in [0.15, 0.2) is 42.5 Å². The molecular weight excluding hydrogens is 437 g/mol. The summed E-state index contributed by atoms with van der Waals surface area (Å²) in [7, 11) is -3.12. The molecule has 2 aromatic carbocycles. The predicted molar refractivity (Wildman–Crippen MR) is 118 cm³/mol. The van der Waals surface area contributed by atoms with E-state index in [2.05, 4.69) is 0 Å². The first kappa shape index (κ1) is 24.2. The molecule has 0 spiro atoms. The summed E-state index contributed by atoms with van der Waals surface area (Å²) >= 11 is 0. The molecule has 3 rings (SSSR count). The van der Waals surface area contributed by atoms with Gasteiger partial charge in [-0.1, -0.05) is 12.1 Å². The molecule has 1 saturated heterocycles. The number of rotatable bonds is 11. The Morgan fingerprint density at radius 3 is 2.69 bits per heavy atom. The van der Waals surface area contributed by atoms with Crippen LogP contribution in [-0.4, -0.2) is 68.1 Å². The number of hydrogen-bond donors (Lipinski definition) is 1. The van der Waals surface area contributed by atoms with Crippen molar-refractivity contribution >= 4 is 16.1 Å². The summed E-state index contributed by atoms with van der Waals surface area (Å²) < 4.78 is 48.8. The van der Waals surface area contributed by atoms with Crippen LogP contribution in [0.4, 0.5) is 4.39 Å². The molecule has 1 aliphatic heterocycles. The molecule has 1 fully saturated rings. The maximum absolute atomic E-state index is 13.6. The molecule has 0 bridgehead atoms. The molecule has 2 atom stereocenters. The van der Waals surface area contributed by atoms with Gasteiger partial charge in [0.05, 0.1) is 18.1 Å². The Hall–Kier alpha value is -2.49. The molecule has 7 nitrogen and oxygen atoms in total. The zero-order chi connectivity index (χ0) is 23.1. The monoisotopic (exact) mass is 465 g/mol. The summed E-state index contributed by atoms with van der Waals surface area (Å²) in [6, 6.07) is 10.6. The summed E-state index contributed by atoms with van der Waals surface area (Å²) in [6.07, 6.45) is 0.251. The van der Waals surface area contributed by atoms with Crippen LogP contribution in [0, 0.1) is 5.82 Å². The number of carbonyl (C=O) groups is 1. The number of hydrogen-bond acceptors (Lipinski definition) is 7. The van der Waals surface area contributed by atoms with E-state index in [-0.39, 0.29) is 36.5 Å². The lowest BCUT2D eigenvalue weighted by molar-refractivity contribution is 0.0515. The standard InChI is InChI=1S/C23H28FNO6S/c1-2-30-23-11-18(14-26)6-7-22(23)31-15-21(27)13-25(20-8-9-32(28,29)16-20)12-17-4-3-5-19(24)10-17/h3-7,10-11,14,20-21,27H,2,8-9,12-13,15-16H2,1H3. The van der Waals surface area contributed by atoms with Gasteiger partial charge in [0.2, 0.25) is 0 Å². The van der Waals surface area contributed by atoms with Gasteiger partial charge in [0.25, 0.3) is 0 Å². The number of ether oxygens (including phenoxy) is 2. The van der Waals surface area contributed by atoms with Crippen LogP contribution in [0.25, 0.3) is 0 Å². The van der Waals surface area contributed by atoms with Gasteiger partial charge in [-0.05, 0) is 49.2 Å². The Kier molecular flexibility index (Phi) is 8.22. The number of aldehydes is 1. The lowest BCUT2D eigenvalue weighted by atomic mass is 10.1. The van der Waals surface area contributed by atoms with Gasteiger partial charge in [-0.3, -0.25) is 9.69 Å². The van der Waals surface area contributed by atoms with Crippen LogP contribution in [0.2, 0.25) is 0 Å². The van der Waals surface area contributed by atoms with Crippen molar-refractivity contribution < 1.29 is 32.2 Å².